The fourth-order valence-corrected chi connectivity index (χ4v) is 1.38. The second-order valence-electron chi connectivity index (χ2n) is 3.47. The Morgan fingerprint density at radius 3 is 1.50 bits per heavy atom. The van der Waals surface area contributed by atoms with Gasteiger partial charge in [0.15, 0.2) is 0 Å². The molecule has 0 atom stereocenters. The number of unbranched alkanes of at least 4 members (excludes halogenated alkanes) is 9. The molecule has 3 radical (unpaired) electrons. The Kier molecular flexibility index (Phi) is 11.0. The van der Waals surface area contributed by atoms with Crippen molar-refractivity contribution >= 4 is 0 Å². The van der Waals surface area contributed by atoms with Crippen LogP contribution < -0.4 is 0 Å². The largest absolute Gasteiger partial charge is 0.0533 e. The van der Waals surface area contributed by atoms with E-state index in [9.17, 15) is 0 Å². The van der Waals surface area contributed by atoms with Gasteiger partial charge in [-0.2, -0.15) is 0 Å². The van der Waals surface area contributed by atoms with E-state index in [1.165, 1.54) is 51.4 Å². The first-order valence-electron chi connectivity index (χ1n) is 5.41. The van der Waals surface area contributed by atoms with Crippen molar-refractivity contribution in [3.05, 3.63) is 13.8 Å². The second kappa shape index (κ2) is 11.0. The molecule has 0 aliphatic rings. The van der Waals surface area contributed by atoms with Gasteiger partial charge in [0.2, 0.25) is 0 Å². The maximum atomic E-state index is 5.40. The SMILES string of the molecule is [CH]CCCCCCCCCC[CH2]. The highest BCUT2D eigenvalue weighted by Crippen LogP contribution is 2.09. The normalized spacial score (nSPS) is 10.5. The van der Waals surface area contributed by atoms with Crippen molar-refractivity contribution in [1.82, 2.24) is 0 Å². The highest BCUT2D eigenvalue weighted by atomic mass is 14.0. The maximum Gasteiger partial charge on any atom is -0.0352 e. The molecule has 71 valence electrons. The van der Waals surface area contributed by atoms with E-state index in [1.807, 2.05) is 0 Å². The van der Waals surface area contributed by atoms with E-state index in [1.54, 1.807) is 0 Å². The highest BCUT2D eigenvalue weighted by molar-refractivity contribution is 4.48. The van der Waals surface area contributed by atoms with E-state index in [0.29, 0.717) is 0 Å². The molecule has 0 spiro atoms. The quantitative estimate of drug-likeness (QED) is 0.445. The zero-order chi connectivity index (χ0) is 9.07. The highest BCUT2D eigenvalue weighted by Gasteiger charge is 1.90. The van der Waals surface area contributed by atoms with Crippen LogP contribution in [0.3, 0.4) is 0 Å². The number of hydrogen-bond donors (Lipinski definition) is 0. The smallest absolute Gasteiger partial charge is 0.0352 e. The average molecular weight is 167 g/mol. The van der Waals surface area contributed by atoms with Crippen molar-refractivity contribution in [2.24, 2.45) is 0 Å². The fourth-order valence-electron chi connectivity index (χ4n) is 1.38. The lowest BCUT2D eigenvalue weighted by Crippen LogP contribution is -1.80. The third-order valence-electron chi connectivity index (χ3n) is 2.20. The van der Waals surface area contributed by atoms with Gasteiger partial charge in [-0.05, 0) is 13.3 Å². The summed E-state index contributed by atoms with van der Waals surface area (Å²) in [6, 6.07) is 0. The van der Waals surface area contributed by atoms with Crippen molar-refractivity contribution in [3.8, 4) is 0 Å². The molecule has 0 aliphatic carbocycles. The van der Waals surface area contributed by atoms with Crippen LogP contribution in [0.4, 0.5) is 0 Å². The maximum absolute atomic E-state index is 5.40. The van der Waals surface area contributed by atoms with Crippen LogP contribution in [0.1, 0.15) is 64.2 Å². The summed E-state index contributed by atoms with van der Waals surface area (Å²) in [6.07, 6.45) is 12.8. The molecule has 12 heavy (non-hydrogen) atoms. The lowest BCUT2D eigenvalue weighted by molar-refractivity contribution is 0.570. The van der Waals surface area contributed by atoms with Crippen molar-refractivity contribution < 1.29 is 0 Å². The molecule has 0 saturated heterocycles. The molecular formula is C12H23. The predicted octanol–water partition coefficient (Wildman–Crippen LogP) is 4.43. The molecule has 0 amide bonds. The number of hydrogen-bond acceptors (Lipinski definition) is 0. The Bertz CT molecular complexity index is 56.4. The molecule has 0 nitrogen and oxygen atoms in total. The molecule has 0 aromatic carbocycles. The molecule has 0 aliphatic heterocycles. The Balaban J connectivity index is 2.73. The van der Waals surface area contributed by atoms with E-state index < -0.39 is 0 Å². The van der Waals surface area contributed by atoms with Crippen LogP contribution in [0.5, 0.6) is 0 Å². The van der Waals surface area contributed by atoms with Crippen LogP contribution in [0, 0.1) is 13.8 Å². The van der Waals surface area contributed by atoms with Gasteiger partial charge in [0.25, 0.3) is 0 Å². The first-order valence-corrected chi connectivity index (χ1v) is 5.41. The first-order chi connectivity index (χ1) is 5.91. The Labute approximate surface area is 78.8 Å². The fraction of sp³-hybridized carbons (Fsp3) is 0.833. The van der Waals surface area contributed by atoms with Crippen LogP contribution >= 0.6 is 0 Å². The topological polar surface area (TPSA) is 0 Å². The summed E-state index contributed by atoms with van der Waals surface area (Å²) < 4.78 is 0. The van der Waals surface area contributed by atoms with Crippen LogP contribution in [-0.4, -0.2) is 0 Å². The van der Waals surface area contributed by atoms with Crippen LogP contribution in [0.25, 0.3) is 0 Å². The third-order valence-corrected chi connectivity index (χ3v) is 2.20. The Morgan fingerprint density at radius 2 is 1.08 bits per heavy atom. The molecule has 0 rings (SSSR count). The first kappa shape index (κ1) is 12.0. The zero-order valence-electron chi connectivity index (χ0n) is 8.36. The molecule has 0 unspecified atom stereocenters. The van der Waals surface area contributed by atoms with E-state index in [0.717, 1.165) is 12.8 Å². The summed E-state index contributed by atoms with van der Waals surface area (Å²) in [4.78, 5) is 0. The van der Waals surface area contributed by atoms with Crippen molar-refractivity contribution in [2.75, 3.05) is 0 Å². The molecule has 0 aromatic rings. The minimum Gasteiger partial charge on any atom is -0.0533 e. The monoisotopic (exact) mass is 167 g/mol. The van der Waals surface area contributed by atoms with E-state index in [4.69, 9.17) is 6.92 Å². The van der Waals surface area contributed by atoms with Gasteiger partial charge in [-0.25, -0.2) is 0 Å². The predicted molar refractivity (Wildman–Crippen MR) is 55.8 cm³/mol. The summed E-state index contributed by atoms with van der Waals surface area (Å²) in [6.45, 7) is 9.23. The minimum atomic E-state index is 0.863. The molecular weight excluding hydrogens is 144 g/mol. The minimum absolute atomic E-state index is 0.863. The summed E-state index contributed by atoms with van der Waals surface area (Å²) in [5.41, 5.74) is 0. The standard InChI is InChI=1S/C12H23/c1-3-5-7-9-11-12-10-8-6-4-2/h1H,2-12H2. The van der Waals surface area contributed by atoms with Gasteiger partial charge in [-0.3, -0.25) is 0 Å². The molecule has 0 heteroatoms. The summed E-state index contributed by atoms with van der Waals surface area (Å²) in [7, 11) is 0. The third kappa shape index (κ3) is 10.0. The Morgan fingerprint density at radius 1 is 0.667 bits per heavy atom. The lowest BCUT2D eigenvalue weighted by atomic mass is 10.1. The van der Waals surface area contributed by atoms with Gasteiger partial charge in [0, 0.05) is 0 Å². The van der Waals surface area contributed by atoms with Crippen molar-refractivity contribution in [2.45, 2.75) is 64.2 Å². The average Bonchev–Trinajstić information content (AvgIpc) is 2.10. The van der Waals surface area contributed by atoms with Gasteiger partial charge < -0.3 is 0 Å². The van der Waals surface area contributed by atoms with Crippen molar-refractivity contribution in [3.63, 3.8) is 0 Å². The van der Waals surface area contributed by atoms with Crippen LogP contribution in [-0.2, 0) is 0 Å². The molecule has 0 heterocycles. The molecule has 0 fully saturated rings. The van der Waals surface area contributed by atoms with Crippen molar-refractivity contribution in [1.29, 1.82) is 0 Å². The van der Waals surface area contributed by atoms with Gasteiger partial charge in [0.1, 0.15) is 0 Å². The molecule has 0 aromatic heterocycles. The van der Waals surface area contributed by atoms with E-state index >= 15 is 0 Å². The van der Waals surface area contributed by atoms with Crippen LogP contribution in [0.2, 0.25) is 0 Å². The van der Waals surface area contributed by atoms with E-state index in [-0.39, 0.29) is 0 Å². The molecule has 0 saturated carbocycles. The van der Waals surface area contributed by atoms with Gasteiger partial charge >= 0.3 is 0 Å². The summed E-state index contributed by atoms with van der Waals surface area (Å²) >= 11 is 0. The summed E-state index contributed by atoms with van der Waals surface area (Å²) in [5.74, 6) is 0. The molecule has 0 bridgehead atoms. The number of rotatable bonds is 9. The zero-order valence-corrected chi connectivity index (χ0v) is 8.36. The van der Waals surface area contributed by atoms with Gasteiger partial charge in [-0.1, -0.05) is 64.7 Å². The van der Waals surface area contributed by atoms with E-state index in [2.05, 4.69) is 6.92 Å². The van der Waals surface area contributed by atoms with Gasteiger partial charge in [0.05, 0.1) is 0 Å². The summed E-state index contributed by atoms with van der Waals surface area (Å²) in [5, 5.41) is 0. The second-order valence-corrected chi connectivity index (χ2v) is 3.47. The van der Waals surface area contributed by atoms with Gasteiger partial charge in [-0.15, -0.1) is 0 Å². The van der Waals surface area contributed by atoms with Crippen LogP contribution in [0.15, 0.2) is 0 Å². The molecule has 0 N–H and O–H groups in total. The lowest BCUT2D eigenvalue weighted by Gasteiger charge is -1.99. The Hall–Kier alpha value is 0.